The van der Waals surface area contributed by atoms with Gasteiger partial charge in [-0.15, -0.1) is 12.8 Å². The largest absolute Gasteiger partial charge is 0.302 e. The Morgan fingerprint density at radius 3 is 2.21 bits per heavy atom. The van der Waals surface area contributed by atoms with E-state index in [0.29, 0.717) is 0 Å². The summed E-state index contributed by atoms with van der Waals surface area (Å²) in [7, 11) is 2.16. The molecular weight excluding hydrogens is 170 g/mol. The molecular formula is C13H23N. The highest BCUT2D eigenvalue weighted by atomic mass is 15.1. The summed E-state index contributed by atoms with van der Waals surface area (Å²) in [6.07, 6.45) is 11.2. The van der Waals surface area contributed by atoms with E-state index in [-0.39, 0.29) is 0 Å². The third-order valence-electron chi connectivity index (χ3n) is 2.06. The Kier molecular flexibility index (Phi) is 11.1. The Labute approximate surface area is 89.5 Å². The van der Waals surface area contributed by atoms with Crippen LogP contribution in [0.5, 0.6) is 0 Å². The Morgan fingerprint density at radius 1 is 1.36 bits per heavy atom. The number of terminal acetylenes is 1. The molecule has 1 aliphatic rings. The smallest absolute Gasteiger partial charge is 0.0193 e. The maximum absolute atomic E-state index is 4.00. The lowest BCUT2D eigenvalue weighted by molar-refractivity contribution is 0.350. The van der Waals surface area contributed by atoms with Gasteiger partial charge in [0.15, 0.2) is 0 Å². The molecule has 80 valence electrons. The number of hydrogen-bond donors (Lipinski definition) is 0. The highest BCUT2D eigenvalue weighted by Gasteiger charge is 2.09. The van der Waals surface area contributed by atoms with E-state index < -0.39 is 0 Å². The van der Waals surface area contributed by atoms with Crippen molar-refractivity contribution in [3.05, 3.63) is 23.8 Å². The van der Waals surface area contributed by atoms with Crippen molar-refractivity contribution in [3.8, 4) is 12.8 Å². The summed E-state index contributed by atoms with van der Waals surface area (Å²) in [5.41, 5.74) is 2.92. The van der Waals surface area contributed by atoms with Crippen LogP contribution in [0.15, 0.2) is 23.8 Å². The quantitative estimate of drug-likeness (QED) is 0.578. The first-order valence-electron chi connectivity index (χ1n) is 5.07. The van der Waals surface area contributed by atoms with Gasteiger partial charge in [0.25, 0.3) is 0 Å². The molecule has 0 aromatic heterocycles. The molecule has 1 aliphatic heterocycles. The summed E-state index contributed by atoms with van der Waals surface area (Å²) in [4.78, 5) is 2.34. The molecule has 0 N–H and O–H groups in total. The minimum absolute atomic E-state index is 1.11. The zero-order valence-electron chi connectivity index (χ0n) is 10.0. The lowest BCUT2D eigenvalue weighted by Crippen LogP contribution is -2.26. The van der Waals surface area contributed by atoms with E-state index in [1.54, 1.807) is 0 Å². The molecule has 0 unspecified atom stereocenters. The standard InChI is InChI=1S/C9H15N.C2H6.C2H2/c1-4-9-5-6-10(3)7-8(9)2;2*1-2/h4H,1,5-7H2,2-3H3;1-2H3;1-2H. The van der Waals surface area contributed by atoms with Crippen molar-refractivity contribution in [2.45, 2.75) is 27.2 Å². The molecule has 1 heteroatoms. The van der Waals surface area contributed by atoms with Crippen LogP contribution in [-0.2, 0) is 0 Å². The number of hydrogen-bond acceptors (Lipinski definition) is 1. The van der Waals surface area contributed by atoms with E-state index in [9.17, 15) is 0 Å². The number of nitrogens with zero attached hydrogens (tertiary/aromatic N) is 1. The third kappa shape index (κ3) is 5.61. The third-order valence-corrected chi connectivity index (χ3v) is 2.06. The molecule has 0 saturated heterocycles. The minimum atomic E-state index is 1.11. The van der Waals surface area contributed by atoms with Gasteiger partial charge in [0.2, 0.25) is 0 Å². The Hall–Kier alpha value is -1.00. The van der Waals surface area contributed by atoms with Gasteiger partial charge >= 0.3 is 0 Å². The lowest BCUT2D eigenvalue weighted by atomic mass is 10.0. The summed E-state index contributed by atoms with van der Waals surface area (Å²) in [6.45, 7) is 12.3. The lowest BCUT2D eigenvalue weighted by Gasteiger charge is -2.24. The fraction of sp³-hybridized carbons (Fsp3) is 0.538. The zero-order valence-corrected chi connectivity index (χ0v) is 10.0. The first-order valence-corrected chi connectivity index (χ1v) is 5.07. The fourth-order valence-electron chi connectivity index (χ4n) is 1.39. The second kappa shape index (κ2) is 10.1. The Morgan fingerprint density at radius 2 is 1.86 bits per heavy atom. The average Bonchev–Trinajstić information content (AvgIpc) is 2.24. The van der Waals surface area contributed by atoms with Crippen molar-refractivity contribution in [1.82, 2.24) is 4.90 Å². The van der Waals surface area contributed by atoms with Crippen LogP contribution >= 0.6 is 0 Å². The van der Waals surface area contributed by atoms with Crippen LogP contribution in [0.1, 0.15) is 27.2 Å². The molecule has 0 amide bonds. The van der Waals surface area contributed by atoms with Gasteiger partial charge in [-0.05, 0) is 26.0 Å². The average molecular weight is 193 g/mol. The highest BCUT2D eigenvalue weighted by molar-refractivity contribution is 5.25. The Bertz CT molecular complexity index is 199. The van der Waals surface area contributed by atoms with E-state index >= 15 is 0 Å². The van der Waals surface area contributed by atoms with E-state index in [1.807, 2.05) is 19.9 Å². The predicted octanol–water partition coefficient (Wildman–Crippen LogP) is 3.10. The van der Waals surface area contributed by atoms with Gasteiger partial charge in [-0.2, -0.15) is 0 Å². The van der Waals surface area contributed by atoms with Gasteiger partial charge in [-0.25, -0.2) is 0 Å². The van der Waals surface area contributed by atoms with Crippen LogP contribution in [-0.4, -0.2) is 25.0 Å². The molecule has 0 fully saturated rings. The molecule has 0 aliphatic carbocycles. The second-order valence-electron chi connectivity index (χ2n) is 3.00. The Balaban J connectivity index is 0. The van der Waals surface area contributed by atoms with Gasteiger partial charge in [-0.3, -0.25) is 0 Å². The van der Waals surface area contributed by atoms with Gasteiger partial charge in [0, 0.05) is 13.1 Å². The summed E-state index contributed by atoms with van der Waals surface area (Å²) in [6, 6.07) is 0. The van der Waals surface area contributed by atoms with E-state index in [1.165, 1.54) is 24.1 Å². The van der Waals surface area contributed by atoms with Crippen LogP contribution in [0.3, 0.4) is 0 Å². The van der Waals surface area contributed by atoms with Gasteiger partial charge in [0.1, 0.15) is 0 Å². The highest BCUT2D eigenvalue weighted by Crippen LogP contribution is 2.16. The normalized spacial score (nSPS) is 15.9. The monoisotopic (exact) mass is 193 g/mol. The molecule has 0 bridgehead atoms. The van der Waals surface area contributed by atoms with Gasteiger partial charge < -0.3 is 4.90 Å². The van der Waals surface area contributed by atoms with E-state index in [2.05, 4.69) is 38.3 Å². The van der Waals surface area contributed by atoms with Crippen LogP contribution in [0.25, 0.3) is 0 Å². The molecule has 0 radical (unpaired) electrons. The molecule has 0 atom stereocenters. The molecule has 1 nitrogen and oxygen atoms in total. The van der Waals surface area contributed by atoms with Gasteiger partial charge in [0.05, 0.1) is 0 Å². The van der Waals surface area contributed by atoms with Crippen LogP contribution < -0.4 is 0 Å². The fourth-order valence-corrected chi connectivity index (χ4v) is 1.39. The van der Waals surface area contributed by atoms with Crippen molar-refractivity contribution < 1.29 is 0 Å². The maximum atomic E-state index is 4.00. The summed E-state index contributed by atoms with van der Waals surface area (Å²) in [5, 5.41) is 0. The first kappa shape index (κ1) is 15.5. The second-order valence-corrected chi connectivity index (χ2v) is 3.00. The maximum Gasteiger partial charge on any atom is 0.0193 e. The molecule has 0 saturated carbocycles. The summed E-state index contributed by atoms with van der Waals surface area (Å²) >= 11 is 0. The molecule has 14 heavy (non-hydrogen) atoms. The zero-order chi connectivity index (χ0) is 11.6. The number of rotatable bonds is 1. The van der Waals surface area contributed by atoms with E-state index in [0.717, 1.165) is 6.54 Å². The van der Waals surface area contributed by atoms with Crippen molar-refractivity contribution in [2.75, 3.05) is 20.1 Å². The summed E-state index contributed by atoms with van der Waals surface area (Å²) in [5.74, 6) is 0. The van der Waals surface area contributed by atoms with Crippen molar-refractivity contribution in [2.24, 2.45) is 0 Å². The van der Waals surface area contributed by atoms with Crippen molar-refractivity contribution >= 4 is 0 Å². The first-order chi connectivity index (χ1) is 6.74. The molecule has 0 aromatic carbocycles. The van der Waals surface area contributed by atoms with Crippen molar-refractivity contribution in [1.29, 1.82) is 0 Å². The summed E-state index contributed by atoms with van der Waals surface area (Å²) < 4.78 is 0. The van der Waals surface area contributed by atoms with Crippen LogP contribution in [0, 0.1) is 12.8 Å². The molecule has 1 rings (SSSR count). The molecule has 1 heterocycles. The molecule has 0 aromatic rings. The minimum Gasteiger partial charge on any atom is -0.302 e. The number of allylic oxidation sites excluding steroid dienone is 1. The number of likely N-dealkylation sites (N-methyl/N-ethyl adjacent to an activating group) is 1. The SMILES string of the molecule is C#C.C=CC1=C(C)CN(C)CC1.CC. The predicted molar refractivity (Wildman–Crippen MR) is 66.2 cm³/mol. The van der Waals surface area contributed by atoms with Crippen LogP contribution in [0.4, 0.5) is 0 Å². The molecule has 0 spiro atoms. The topological polar surface area (TPSA) is 3.24 Å². The van der Waals surface area contributed by atoms with Gasteiger partial charge in [-0.1, -0.05) is 32.1 Å². The van der Waals surface area contributed by atoms with Crippen molar-refractivity contribution in [3.63, 3.8) is 0 Å². The van der Waals surface area contributed by atoms with E-state index in [4.69, 9.17) is 0 Å². The van der Waals surface area contributed by atoms with Crippen LogP contribution in [0.2, 0.25) is 0 Å².